The number of hydrogen-bond acceptors (Lipinski definition) is 5. The van der Waals surface area contributed by atoms with E-state index in [0.717, 1.165) is 27.8 Å². The van der Waals surface area contributed by atoms with E-state index in [2.05, 4.69) is 36.1 Å². The molecule has 0 saturated carbocycles. The van der Waals surface area contributed by atoms with Crippen molar-refractivity contribution >= 4 is 21.8 Å². The average Bonchev–Trinajstić information content (AvgIpc) is 3.15. The molecule has 1 saturated heterocycles. The molecule has 8 heteroatoms. The highest BCUT2D eigenvalue weighted by Gasteiger charge is 2.28. The van der Waals surface area contributed by atoms with Gasteiger partial charge in [0.1, 0.15) is 6.10 Å². The number of carbonyl (C=O) groups is 1. The summed E-state index contributed by atoms with van der Waals surface area (Å²) in [5.74, 6) is 0.151. The lowest BCUT2D eigenvalue weighted by Gasteiger charge is -2.16. The molecule has 1 fully saturated rings. The van der Waals surface area contributed by atoms with E-state index >= 15 is 0 Å². The normalized spacial score (nSPS) is 17.3. The first-order valence-electron chi connectivity index (χ1n) is 7.95. The summed E-state index contributed by atoms with van der Waals surface area (Å²) in [5.41, 5.74) is 3.14. The van der Waals surface area contributed by atoms with Crippen molar-refractivity contribution < 1.29 is 9.53 Å². The number of aromatic amines is 1. The number of nitrogens with one attached hydrogen (secondary N) is 1. The number of likely N-dealkylation sites (tertiary alicyclic amines) is 1. The first-order chi connectivity index (χ1) is 11.5. The molecule has 1 aliphatic rings. The van der Waals surface area contributed by atoms with Crippen LogP contribution in [0.1, 0.15) is 29.8 Å². The van der Waals surface area contributed by atoms with Crippen molar-refractivity contribution in [1.29, 1.82) is 0 Å². The van der Waals surface area contributed by atoms with Crippen molar-refractivity contribution in [1.82, 2.24) is 25.1 Å². The third kappa shape index (κ3) is 3.92. The Morgan fingerprint density at radius 3 is 2.83 bits per heavy atom. The summed E-state index contributed by atoms with van der Waals surface area (Å²) in [6, 6.07) is 0.349. The molecule has 1 aliphatic heterocycles. The molecule has 0 spiro atoms. The minimum absolute atomic E-state index is 0.0486. The van der Waals surface area contributed by atoms with Gasteiger partial charge in [0.15, 0.2) is 0 Å². The molecule has 2 aromatic heterocycles. The van der Waals surface area contributed by atoms with Crippen molar-refractivity contribution in [2.24, 2.45) is 0 Å². The molecule has 0 radical (unpaired) electrons. The number of H-pyrrole nitrogens is 1. The van der Waals surface area contributed by atoms with Crippen LogP contribution in [0.25, 0.3) is 0 Å². The fraction of sp³-hybridized carbons (Fsp3) is 0.500. The molecule has 128 valence electrons. The number of carbonyl (C=O) groups excluding carboxylic acids is 1. The van der Waals surface area contributed by atoms with Gasteiger partial charge in [-0.2, -0.15) is 5.10 Å². The standard InChI is InChI=1S/C16H20BrN5O2/c1-10-14(11(2)21-20-10)3-4-15(23)22-6-5-13(9-22)24-16-18-7-12(17)8-19-16/h7-8,13H,3-6,9H2,1-2H3,(H,20,21). The van der Waals surface area contributed by atoms with Gasteiger partial charge in [0.2, 0.25) is 5.91 Å². The monoisotopic (exact) mass is 393 g/mol. The van der Waals surface area contributed by atoms with E-state index in [1.54, 1.807) is 12.4 Å². The van der Waals surface area contributed by atoms with E-state index in [4.69, 9.17) is 4.74 Å². The Morgan fingerprint density at radius 1 is 1.42 bits per heavy atom. The first-order valence-corrected chi connectivity index (χ1v) is 8.74. The molecule has 0 aromatic carbocycles. The molecule has 1 unspecified atom stereocenters. The topological polar surface area (TPSA) is 84.0 Å². The van der Waals surface area contributed by atoms with Gasteiger partial charge in [-0.25, -0.2) is 9.97 Å². The van der Waals surface area contributed by atoms with E-state index in [1.165, 1.54) is 0 Å². The van der Waals surface area contributed by atoms with Gasteiger partial charge in [-0.3, -0.25) is 9.89 Å². The molecular formula is C16H20BrN5O2. The summed E-state index contributed by atoms with van der Waals surface area (Å²) in [7, 11) is 0. The number of nitrogens with zero attached hydrogens (tertiary/aromatic N) is 4. The van der Waals surface area contributed by atoms with Gasteiger partial charge in [0.05, 0.1) is 16.7 Å². The number of rotatable bonds is 5. The minimum atomic E-state index is -0.0486. The number of hydrogen-bond donors (Lipinski definition) is 1. The Hall–Kier alpha value is -1.96. The predicted octanol–water partition coefficient (Wildman–Crippen LogP) is 2.19. The average molecular weight is 394 g/mol. The van der Waals surface area contributed by atoms with E-state index in [-0.39, 0.29) is 12.0 Å². The summed E-state index contributed by atoms with van der Waals surface area (Å²) in [6.45, 7) is 5.24. The Bertz CT molecular complexity index is 696. The van der Waals surface area contributed by atoms with Gasteiger partial charge in [0.25, 0.3) is 0 Å². The summed E-state index contributed by atoms with van der Waals surface area (Å²) in [5, 5.41) is 7.13. The molecule has 3 rings (SSSR count). The Kier molecular flexibility index (Phi) is 5.13. The van der Waals surface area contributed by atoms with Crippen molar-refractivity contribution in [2.45, 2.75) is 39.2 Å². The van der Waals surface area contributed by atoms with Crippen LogP contribution in [0.3, 0.4) is 0 Å². The van der Waals surface area contributed by atoms with E-state index in [9.17, 15) is 4.79 Å². The lowest BCUT2D eigenvalue weighted by molar-refractivity contribution is -0.130. The molecule has 0 bridgehead atoms. The molecular weight excluding hydrogens is 374 g/mol. The zero-order chi connectivity index (χ0) is 17.1. The van der Waals surface area contributed by atoms with Gasteiger partial charge in [-0.1, -0.05) is 0 Å². The second-order valence-electron chi connectivity index (χ2n) is 5.96. The second-order valence-corrected chi connectivity index (χ2v) is 6.88. The highest BCUT2D eigenvalue weighted by Crippen LogP contribution is 2.18. The molecule has 3 heterocycles. The molecule has 7 nitrogen and oxygen atoms in total. The minimum Gasteiger partial charge on any atom is -0.458 e. The molecule has 2 aromatic rings. The summed E-state index contributed by atoms with van der Waals surface area (Å²) < 4.78 is 6.56. The van der Waals surface area contributed by atoms with Crippen LogP contribution >= 0.6 is 15.9 Å². The van der Waals surface area contributed by atoms with Crippen LogP contribution in [0, 0.1) is 13.8 Å². The van der Waals surface area contributed by atoms with E-state index in [0.29, 0.717) is 31.9 Å². The second kappa shape index (κ2) is 7.29. The Balaban J connectivity index is 1.49. The van der Waals surface area contributed by atoms with Crippen LogP contribution in [-0.2, 0) is 11.2 Å². The zero-order valence-electron chi connectivity index (χ0n) is 13.8. The molecule has 0 aliphatic carbocycles. The fourth-order valence-corrected chi connectivity index (χ4v) is 3.10. The first kappa shape index (κ1) is 16.9. The van der Waals surface area contributed by atoms with E-state index in [1.807, 2.05) is 18.7 Å². The van der Waals surface area contributed by atoms with Gasteiger partial charge in [0, 0.05) is 37.5 Å². The molecule has 1 amide bonds. The fourth-order valence-electron chi connectivity index (χ4n) is 2.89. The lowest BCUT2D eigenvalue weighted by atomic mass is 10.1. The smallest absolute Gasteiger partial charge is 0.316 e. The van der Waals surface area contributed by atoms with Crippen LogP contribution in [0.5, 0.6) is 6.01 Å². The van der Waals surface area contributed by atoms with Crippen LogP contribution in [0.2, 0.25) is 0 Å². The number of aromatic nitrogens is 4. The molecule has 1 N–H and O–H groups in total. The number of amides is 1. The zero-order valence-corrected chi connectivity index (χ0v) is 15.3. The predicted molar refractivity (Wildman–Crippen MR) is 91.7 cm³/mol. The third-order valence-corrected chi connectivity index (χ3v) is 4.65. The van der Waals surface area contributed by atoms with Crippen LogP contribution < -0.4 is 4.74 Å². The molecule has 1 atom stereocenters. The van der Waals surface area contributed by atoms with Gasteiger partial charge < -0.3 is 9.64 Å². The number of halogens is 1. The van der Waals surface area contributed by atoms with Crippen LogP contribution in [-0.4, -0.2) is 50.2 Å². The van der Waals surface area contributed by atoms with Gasteiger partial charge in [-0.05, 0) is 41.8 Å². The lowest BCUT2D eigenvalue weighted by Crippen LogP contribution is -2.31. The maximum absolute atomic E-state index is 12.4. The largest absolute Gasteiger partial charge is 0.458 e. The summed E-state index contributed by atoms with van der Waals surface area (Å²) in [4.78, 5) is 22.5. The van der Waals surface area contributed by atoms with Crippen molar-refractivity contribution in [3.8, 4) is 6.01 Å². The Labute approximate surface area is 149 Å². The van der Waals surface area contributed by atoms with Gasteiger partial charge >= 0.3 is 6.01 Å². The van der Waals surface area contributed by atoms with Crippen molar-refractivity contribution in [2.75, 3.05) is 13.1 Å². The van der Waals surface area contributed by atoms with E-state index < -0.39 is 0 Å². The van der Waals surface area contributed by atoms with Gasteiger partial charge in [-0.15, -0.1) is 0 Å². The Morgan fingerprint density at radius 2 is 2.17 bits per heavy atom. The SMILES string of the molecule is Cc1n[nH]c(C)c1CCC(=O)N1CCC(Oc2ncc(Br)cn2)C1. The number of ether oxygens (including phenoxy) is 1. The van der Waals surface area contributed by atoms with Crippen molar-refractivity contribution in [3.63, 3.8) is 0 Å². The number of aryl methyl sites for hydroxylation is 2. The quantitative estimate of drug-likeness (QED) is 0.841. The third-order valence-electron chi connectivity index (χ3n) is 4.24. The van der Waals surface area contributed by atoms with Crippen LogP contribution in [0.15, 0.2) is 16.9 Å². The molecule has 24 heavy (non-hydrogen) atoms. The highest BCUT2D eigenvalue weighted by molar-refractivity contribution is 9.10. The summed E-state index contributed by atoms with van der Waals surface area (Å²) in [6.07, 6.45) is 5.25. The maximum Gasteiger partial charge on any atom is 0.316 e. The highest BCUT2D eigenvalue weighted by atomic mass is 79.9. The van der Waals surface area contributed by atoms with Crippen LogP contribution in [0.4, 0.5) is 0 Å². The maximum atomic E-state index is 12.4. The summed E-state index contributed by atoms with van der Waals surface area (Å²) >= 11 is 3.29. The van der Waals surface area contributed by atoms with Crippen molar-refractivity contribution in [3.05, 3.63) is 33.8 Å².